The number of amides is 1. The number of ether oxygens (including phenoxy) is 1. The lowest BCUT2D eigenvalue weighted by Crippen LogP contribution is -2.45. The number of alkyl carbamates (subject to hydrolysis) is 1. The maximum absolute atomic E-state index is 11.8. The van der Waals surface area contributed by atoms with Gasteiger partial charge in [0.2, 0.25) is 0 Å². The highest BCUT2D eigenvalue weighted by Crippen LogP contribution is 2.15. The Morgan fingerprint density at radius 1 is 1.41 bits per heavy atom. The first-order chi connectivity index (χ1) is 10.3. The number of pyridine rings is 1. The van der Waals surface area contributed by atoms with Gasteiger partial charge in [-0.2, -0.15) is 0 Å². The Labute approximate surface area is 132 Å². The average Bonchev–Trinajstić information content (AvgIpc) is 2.41. The Morgan fingerprint density at radius 3 is 2.64 bits per heavy atom. The van der Waals surface area contributed by atoms with E-state index in [0.29, 0.717) is 5.82 Å². The highest BCUT2D eigenvalue weighted by molar-refractivity contribution is 5.68. The number of carbonyl (C=O) groups is 1. The lowest BCUT2D eigenvalue weighted by Gasteiger charge is -2.32. The van der Waals surface area contributed by atoms with Crippen LogP contribution in [0.2, 0.25) is 0 Å². The normalized spacial score (nSPS) is 17.2. The van der Waals surface area contributed by atoms with Crippen molar-refractivity contribution in [1.82, 2.24) is 15.2 Å². The van der Waals surface area contributed by atoms with Gasteiger partial charge in [0.25, 0.3) is 0 Å². The fourth-order valence-electron chi connectivity index (χ4n) is 2.50. The van der Waals surface area contributed by atoms with Gasteiger partial charge in [0.05, 0.1) is 0 Å². The van der Waals surface area contributed by atoms with Crippen LogP contribution in [0.3, 0.4) is 0 Å². The van der Waals surface area contributed by atoms with Crippen LogP contribution in [-0.4, -0.2) is 40.7 Å². The number of carbonyl (C=O) groups excluding carboxylic acids is 1. The second-order valence-electron chi connectivity index (χ2n) is 6.79. The van der Waals surface area contributed by atoms with Crippen LogP contribution in [0.1, 0.15) is 39.2 Å². The van der Waals surface area contributed by atoms with Crippen molar-refractivity contribution in [3.05, 3.63) is 23.9 Å². The molecule has 1 fully saturated rings. The van der Waals surface area contributed by atoms with Crippen molar-refractivity contribution < 1.29 is 9.53 Å². The van der Waals surface area contributed by atoms with E-state index in [-0.39, 0.29) is 12.1 Å². The average molecular weight is 306 g/mol. The van der Waals surface area contributed by atoms with Gasteiger partial charge < -0.3 is 15.8 Å². The Bertz CT molecular complexity index is 488. The molecule has 0 spiro atoms. The number of hydrogen-bond acceptors (Lipinski definition) is 5. The zero-order chi connectivity index (χ0) is 16.2. The molecule has 0 atom stereocenters. The maximum Gasteiger partial charge on any atom is 0.407 e. The summed E-state index contributed by atoms with van der Waals surface area (Å²) in [7, 11) is 0. The van der Waals surface area contributed by atoms with E-state index in [1.54, 1.807) is 0 Å². The van der Waals surface area contributed by atoms with E-state index < -0.39 is 5.60 Å². The molecule has 22 heavy (non-hydrogen) atoms. The number of likely N-dealkylation sites (tertiary alicyclic amines) is 1. The zero-order valence-electron chi connectivity index (χ0n) is 13.6. The van der Waals surface area contributed by atoms with Crippen LogP contribution >= 0.6 is 0 Å². The Balaban J connectivity index is 1.73. The van der Waals surface area contributed by atoms with E-state index in [4.69, 9.17) is 10.5 Å². The van der Waals surface area contributed by atoms with E-state index in [2.05, 4.69) is 15.2 Å². The van der Waals surface area contributed by atoms with Gasteiger partial charge in [-0.05, 0) is 45.2 Å². The first kappa shape index (κ1) is 16.5. The third-order valence-electron chi connectivity index (χ3n) is 3.56. The Hall–Kier alpha value is -1.82. The third-order valence-corrected chi connectivity index (χ3v) is 3.56. The third kappa shape index (κ3) is 5.52. The van der Waals surface area contributed by atoms with E-state index in [9.17, 15) is 4.79 Å². The van der Waals surface area contributed by atoms with Gasteiger partial charge in [-0.3, -0.25) is 4.90 Å². The molecule has 1 aliphatic heterocycles. The van der Waals surface area contributed by atoms with Gasteiger partial charge >= 0.3 is 6.09 Å². The molecular weight excluding hydrogens is 280 g/mol. The predicted octanol–water partition coefficient (Wildman–Crippen LogP) is 2.15. The second kappa shape index (κ2) is 6.96. The lowest BCUT2D eigenvalue weighted by atomic mass is 10.0. The van der Waals surface area contributed by atoms with Gasteiger partial charge in [0.1, 0.15) is 11.4 Å². The van der Waals surface area contributed by atoms with Gasteiger partial charge in [-0.25, -0.2) is 9.78 Å². The number of nitrogens with two attached hydrogens (primary N) is 1. The largest absolute Gasteiger partial charge is 0.444 e. The zero-order valence-corrected chi connectivity index (χ0v) is 13.6. The molecule has 1 aromatic heterocycles. The van der Waals surface area contributed by atoms with E-state index in [0.717, 1.165) is 38.0 Å². The predicted molar refractivity (Wildman–Crippen MR) is 86.3 cm³/mol. The molecule has 6 heteroatoms. The van der Waals surface area contributed by atoms with E-state index in [1.807, 2.05) is 39.1 Å². The lowest BCUT2D eigenvalue weighted by molar-refractivity contribution is 0.0477. The number of piperidine rings is 1. The number of nitrogens with zero attached hydrogens (tertiary/aromatic N) is 2. The number of anilines is 1. The molecule has 0 aliphatic carbocycles. The summed E-state index contributed by atoms with van der Waals surface area (Å²) in [6, 6.07) is 4.02. The molecule has 2 heterocycles. The van der Waals surface area contributed by atoms with Crippen LogP contribution in [0.4, 0.5) is 10.6 Å². The number of nitrogens with one attached hydrogen (secondary N) is 1. The molecule has 0 radical (unpaired) electrons. The minimum absolute atomic E-state index is 0.190. The van der Waals surface area contributed by atoms with Gasteiger partial charge in [-0.1, -0.05) is 6.07 Å². The first-order valence-corrected chi connectivity index (χ1v) is 7.74. The quantitative estimate of drug-likeness (QED) is 0.894. The number of hydrogen-bond donors (Lipinski definition) is 2. The Kier molecular flexibility index (Phi) is 5.24. The molecule has 0 aromatic carbocycles. The molecule has 2 rings (SSSR count). The van der Waals surface area contributed by atoms with E-state index >= 15 is 0 Å². The fourth-order valence-corrected chi connectivity index (χ4v) is 2.50. The number of aromatic nitrogens is 1. The highest BCUT2D eigenvalue weighted by atomic mass is 16.6. The molecule has 0 saturated carbocycles. The summed E-state index contributed by atoms with van der Waals surface area (Å²) in [6.07, 6.45) is 3.36. The topological polar surface area (TPSA) is 80.5 Å². The molecule has 1 aromatic rings. The molecule has 0 unspecified atom stereocenters. The summed E-state index contributed by atoms with van der Waals surface area (Å²) in [5.41, 5.74) is 6.30. The molecule has 3 N–H and O–H groups in total. The smallest absolute Gasteiger partial charge is 0.407 e. The summed E-state index contributed by atoms with van der Waals surface area (Å²) < 4.78 is 5.29. The van der Waals surface area contributed by atoms with Crippen LogP contribution < -0.4 is 11.1 Å². The van der Waals surface area contributed by atoms with E-state index in [1.165, 1.54) is 0 Å². The summed E-state index contributed by atoms with van der Waals surface area (Å²) in [5, 5.41) is 2.95. The number of nitrogen functional groups attached to an aromatic ring is 1. The van der Waals surface area contributed by atoms with Crippen LogP contribution in [0.5, 0.6) is 0 Å². The molecule has 122 valence electrons. The van der Waals surface area contributed by atoms with Crippen molar-refractivity contribution in [2.45, 2.75) is 51.8 Å². The van der Waals surface area contributed by atoms with Crippen molar-refractivity contribution in [3.63, 3.8) is 0 Å². The maximum atomic E-state index is 11.8. The minimum atomic E-state index is -0.451. The van der Waals surface area contributed by atoms with Crippen LogP contribution in [-0.2, 0) is 11.3 Å². The summed E-state index contributed by atoms with van der Waals surface area (Å²) in [6.45, 7) is 8.38. The summed E-state index contributed by atoms with van der Waals surface area (Å²) in [5.74, 6) is 0.545. The van der Waals surface area contributed by atoms with Gasteiger partial charge in [-0.15, -0.1) is 0 Å². The van der Waals surface area contributed by atoms with Crippen LogP contribution in [0.15, 0.2) is 18.3 Å². The summed E-state index contributed by atoms with van der Waals surface area (Å²) >= 11 is 0. The Morgan fingerprint density at radius 2 is 2.09 bits per heavy atom. The monoisotopic (exact) mass is 306 g/mol. The molecular formula is C16H26N4O2. The van der Waals surface area contributed by atoms with Crippen molar-refractivity contribution >= 4 is 11.9 Å². The second-order valence-corrected chi connectivity index (χ2v) is 6.79. The fraction of sp³-hybridized carbons (Fsp3) is 0.625. The van der Waals surface area contributed by atoms with Crippen LogP contribution in [0, 0.1) is 0 Å². The number of rotatable bonds is 3. The minimum Gasteiger partial charge on any atom is -0.444 e. The van der Waals surface area contributed by atoms with Crippen LogP contribution in [0.25, 0.3) is 0 Å². The van der Waals surface area contributed by atoms with Crippen molar-refractivity contribution in [3.8, 4) is 0 Å². The standard InChI is InChI=1S/C16H26N4O2/c1-16(2,3)22-15(21)19-13-6-8-20(9-7-13)11-12-4-5-14(17)18-10-12/h4-5,10,13H,6-9,11H2,1-3H3,(H2,17,18)(H,19,21). The SMILES string of the molecule is CC(C)(C)OC(=O)NC1CCN(Cc2ccc(N)nc2)CC1. The molecule has 1 saturated heterocycles. The van der Waals surface area contributed by atoms with Crippen molar-refractivity contribution in [2.75, 3.05) is 18.8 Å². The highest BCUT2D eigenvalue weighted by Gasteiger charge is 2.23. The molecule has 1 aliphatic rings. The first-order valence-electron chi connectivity index (χ1n) is 7.74. The van der Waals surface area contributed by atoms with Gasteiger partial charge in [0, 0.05) is 31.9 Å². The van der Waals surface area contributed by atoms with Gasteiger partial charge in [0.15, 0.2) is 0 Å². The molecule has 0 bridgehead atoms. The molecule has 1 amide bonds. The van der Waals surface area contributed by atoms with Crippen molar-refractivity contribution in [1.29, 1.82) is 0 Å². The summed E-state index contributed by atoms with van der Waals surface area (Å²) in [4.78, 5) is 18.2. The molecule has 6 nitrogen and oxygen atoms in total. The van der Waals surface area contributed by atoms with Crippen molar-refractivity contribution in [2.24, 2.45) is 0 Å².